The highest BCUT2D eigenvalue weighted by molar-refractivity contribution is 5.53. The first-order chi connectivity index (χ1) is 10.3. The molecule has 104 valence electrons. The van der Waals surface area contributed by atoms with Crippen LogP contribution in [0.25, 0.3) is 11.5 Å². The maximum absolute atomic E-state index is 5.58. The molecule has 21 heavy (non-hydrogen) atoms. The Balaban J connectivity index is 1.60. The first kappa shape index (κ1) is 12.1. The molecular formula is C16H14N4O. The molecule has 0 unspecified atom stereocenters. The molecule has 0 aliphatic heterocycles. The summed E-state index contributed by atoms with van der Waals surface area (Å²) in [5, 5.41) is 4.13. The summed E-state index contributed by atoms with van der Waals surface area (Å²) in [5.74, 6) is 2.03. The molecule has 0 saturated carbocycles. The molecule has 1 aliphatic rings. The molecule has 0 spiro atoms. The van der Waals surface area contributed by atoms with E-state index in [1.807, 2.05) is 6.07 Å². The Morgan fingerprint density at radius 1 is 1.05 bits per heavy atom. The predicted molar refractivity (Wildman–Crippen MR) is 78.5 cm³/mol. The van der Waals surface area contributed by atoms with E-state index in [0.29, 0.717) is 17.6 Å². The minimum absolute atomic E-state index is 0.293. The van der Waals surface area contributed by atoms with Gasteiger partial charge in [-0.05, 0) is 36.1 Å². The molecule has 0 fully saturated rings. The molecule has 0 saturated heterocycles. The summed E-state index contributed by atoms with van der Waals surface area (Å²) < 4.78 is 5.36. The molecular weight excluding hydrogens is 264 g/mol. The fraction of sp³-hybridized carbons (Fsp3) is 0.188. The second-order valence-corrected chi connectivity index (χ2v) is 5.30. The summed E-state index contributed by atoms with van der Waals surface area (Å²) in [6.45, 7) is 0. The van der Waals surface area contributed by atoms with Crippen molar-refractivity contribution in [1.29, 1.82) is 0 Å². The lowest BCUT2D eigenvalue weighted by Crippen LogP contribution is -2.00. The van der Waals surface area contributed by atoms with Gasteiger partial charge in [-0.25, -0.2) is 4.98 Å². The molecule has 0 amide bonds. The monoisotopic (exact) mass is 278 g/mol. The normalized spacial score (nSPS) is 14.3. The Kier molecular flexibility index (Phi) is 2.70. The molecule has 2 heterocycles. The number of pyridine rings is 1. The van der Waals surface area contributed by atoms with Crippen molar-refractivity contribution in [2.45, 2.75) is 18.8 Å². The molecule has 0 bridgehead atoms. The van der Waals surface area contributed by atoms with Crippen LogP contribution in [0.3, 0.4) is 0 Å². The van der Waals surface area contributed by atoms with E-state index >= 15 is 0 Å². The summed E-state index contributed by atoms with van der Waals surface area (Å²) in [4.78, 5) is 8.56. The van der Waals surface area contributed by atoms with Gasteiger partial charge < -0.3 is 10.3 Å². The summed E-state index contributed by atoms with van der Waals surface area (Å²) >= 11 is 0. The third kappa shape index (κ3) is 2.16. The lowest BCUT2D eigenvalue weighted by Gasteiger charge is -2.00. The van der Waals surface area contributed by atoms with E-state index in [1.54, 1.807) is 12.3 Å². The summed E-state index contributed by atoms with van der Waals surface area (Å²) in [7, 11) is 0. The molecule has 2 N–H and O–H groups in total. The Hall–Kier alpha value is -2.69. The molecule has 0 radical (unpaired) electrons. The third-order valence-electron chi connectivity index (χ3n) is 3.89. The Morgan fingerprint density at radius 2 is 1.81 bits per heavy atom. The number of benzene rings is 1. The zero-order chi connectivity index (χ0) is 14.2. The summed E-state index contributed by atoms with van der Waals surface area (Å²) in [6.07, 6.45) is 3.58. The minimum atomic E-state index is 0.293. The van der Waals surface area contributed by atoms with Gasteiger partial charge in [-0.2, -0.15) is 4.98 Å². The molecule has 5 heteroatoms. The summed E-state index contributed by atoms with van der Waals surface area (Å²) in [6, 6.07) is 12.0. The van der Waals surface area contributed by atoms with Crippen molar-refractivity contribution in [2.24, 2.45) is 0 Å². The van der Waals surface area contributed by atoms with Crippen LogP contribution in [0.2, 0.25) is 0 Å². The molecule has 2 aromatic heterocycles. The zero-order valence-electron chi connectivity index (χ0n) is 11.4. The summed E-state index contributed by atoms with van der Waals surface area (Å²) in [5.41, 5.74) is 9.13. The topological polar surface area (TPSA) is 77.8 Å². The lowest BCUT2D eigenvalue weighted by molar-refractivity contribution is 0.416. The zero-order valence-corrected chi connectivity index (χ0v) is 11.4. The Bertz CT molecular complexity index is 754. The molecule has 0 atom stereocenters. The quantitative estimate of drug-likeness (QED) is 0.779. The number of nitrogens with two attached hydrogens (primary N) is 1. The van der Waals surface area contributed by atoms with Crippen molar-refractivity contribution in [3.8, 4) is 11.5 Å². The number of hydrogen-bond donors (Lipinski definition) is 1. The fourth-order valence-electron chi connectivity index (χ4n) is 2.79. The highest BCUT2D eigenvalue weighted by Crippen LogP contribution is 2.33. The van der Waals surface area contributed by atoms with Crippen LogP contribution in [-0.4, -0.2) is 15.1 Å². The Labute approximate surface area is 121 Å². The SMILES string of the molecule is Nc1ccc(-c2nc(C3Cc4ccccc4C3)no2)cn1. The highest BCUT2D eigenvalue weighted by atomic mass is 16.5. The van der Waals surface area contributed by atoms with Crippen LogP contribution in [0.5, 0.6) is 0 Å². The first-order valence-corrected chi connectivity index (χ1v) is 6.92. The number of aromatic nitrogens is 3. The number of fused-ring (bicyclic) bond motifs is 1. The van der Waals surface area contributed by atoms with Gasteiger partial charge in [-0.3, -0.25) is 0 Å². The largest absolute Gasteiger partial charge is 0.384 e. The average molecular weight is 278 g/mol. The van der Waals surface area contributed by atoms with Gasteiger partial charge in [0.25, 0.3) is 5.89 Å². The Morgan fingerprint density at radius 3 is 2.48 bits per heavy atom. The van der Waals surface area contributed by atoms with Gasteiger partial charge in [0.1, 0.15) is 5.82 Å². The van der Waals surface area contributed by atoms with E-state index in [-0.39, 0.29) is 0 Å². The van der Waals surface area contributed by atoms with E-state index in [2.05, 4.69) is 39.4 Å². The standard InChI is InChI=1S/C16H14N4O/c17-14-6-5-12(9-18-14)16-19-15(20-21-16)13-7-10-3-1-2-4-11(10)8-13/h1-6,9,13H,7-8H2,(H2,17,18). The lowest BCUT2D eigenvalue weighted by atomic mass is 10.1. The van der Waals surface area contributed by atoms with Gasteiger partial charge in [0, 0.05) is 12.1 Å². The van der Waals surface area contributed by atoms with Crippen molar-refractivity contribution < 1.29 is 4.52 Å². The van der Waals surface area contributed by atoms with Gasteiger partial charge in [-0.1, -0.05) is 29.4 Å². The minimum Gasteiger partial charge on any atom is -0.384 e. The van der Waals surface area contributed by atoms with Gasteiger partial charge in [0.05, 0.1) is 5.56 Å². The van der Waals surface area contributed by atoms with Gasteiger partial charge in [0.15, 0.2) is 5.82 Å². The van der Waals surface area contributed by atoms with Crippen molar-refractivity contribution in [2.75, 3.05) is 5.73 Å². The second kappa shape index (κ2) is 4.70. The van der Waals surface area contributed by atoms with Gasteiger partial charge >= 0.3 is 0 Å². The van der Waals surface area contributed by atoms with E-state index in [9.17, 15) is 0 Å². The molecule has 1 aliphatic carbocycles. The predicted octanol–water partition coefficient (Wildman–Crippen LogP) is 2.60. The van der Waals surface area contributed by atoms with Crippen molar-refractivity contribution in [1.82, 2.24) is 15.1 Å². The molecule has 3 aromatic rings. The van der Waals surface area contributed by atoms with E-state index in [0.717, 1.165) is 24.2 Å². The van der Waals surface area contributed by atoms with Crippen LogP contribution < -0.4 is 5.73 Å². The second-order valence-electron chi connectivity index (χ2n) is 5.30. The average Bonchev–Trinajstić information content (AvgIpc) is 3.14. The number of hydrogen-bond acceptors (Lipinski definition) is 5. The molecule has 5 nitrogen and oxygen atoms in total. The van der Waals surface area contributed by atoms with Crippen LogP contribution in [0.15, 0.2) is 47.1 Å². The maximum Gasteiger partial charge on any atom is 0.259 e. The molecule has 4 rings (SSSR count). The van der Waals surface area contributed by atoms with E-state index in [1.165, 1.54) is 11.1 Å². The number of nitrogen functional groups attached to an aromatic ring is 1. The van der Waals surface area contributed by atoms with Crippen molar-refractivity contribution >= 4 is 5.82 Å². The van der Waals surface area contributed by atoms with Crippen LogP contribution in [0.4, 0.5) is 5.82 Å². The van der Waals surface area contributed by atoms with Gasteiger partial charge in [0.2, 0.25) is 0 Å². The van der Waals surface area contributed by atoms with Crippen molar-refractivity contribution in [3.05, 3.63) is 59.5 Å². The fourth-order valence-corrected chi connectivity index (χ4v) is 2.79. The van der Waals surface area contributed by atoms with E-state index < -0.39 is 0 Å². The van der Waals surface area contributed by atoms with Crippen molar-refractivity contribution in [3.63, 3.8) is 0 Å². The highest BCUT2D eigenvalue weighted by Gasteiger charge is 2.26. The van der Waals surface area contributed by atoms with Gasteiger partial charge in [-0.15, -0.1) is 0 Å². The third-order valence-corrected chi connectivity index (χ3v) is 3.89. The van der Waals surface area contributed by atoms with Crippen LogP contribution in [-0.2, 0) is 12.8 Å². The maximum atomic E-state index is 5.58. The first-order valence-electron chi connectivity index (χ1n) is 6.92. The van der Waals surface area contributed by atoms with E-state index in [4.69, 9.17) is 10.3 Å². The number of anilines is 1. The molecule has 1 aromatic carbocycles. The van der Waals surface area contributed by atoms with Crippen LogP contribution >= 0.6 is 0 Å². The van der Waals surface area contributed by atoms with Crippen LogP contribution in [0.1, 0.15) is 22.9 Å². The smallest absolute Gasteiger partial charge is 0.259 e. The van der Waals surface area contributed by atoms with Crippen LogP contribution in [0, 0.1) is 0 Å². The number of rotatable bonds is 2. The number of nitrogens with zero attached hydrogens (tertiary/aromatic N) is 3.